The highest BCUT2D eigenvalue weighted by Crippen LogP contribution is 2.12. The number of hydrogen-bond donors (Lipinski definition) is 2. The van der Waals surface area contributed by atoms with E-state index in [1.54, 1.807) is 0 Å². The van der Waals surface area contributed by atoms with Crippen LogP contribution in [0, 0.1) is 0 Å². The Hall–Kier alpha value is -2.31. The zero-order valence-corrected chi connectivity index (χ0v) is 8.20. The van der Waals surface area contributed by atoms with Gasteiger partial charge in [-0.2, -0.15) is 0 Å². The Morgan fingerprint density at radius 2 is 2.25 bits per heavy atom. The summed E-state index contributed by atoms with van der Waals surface area (Å²) in [6.45, 7) is -0.0186. The van der Waals surface area contributed by atoms with Crippen molar-refractivity contribution in [3.8, 4) is 5.75 Å². The second kappa shape index (κ2) is 3.69. The lowest BCUT2D eigenvalue weighted by Gasteiger charge is -1.93. The fourth-order valence-corrected chi connectivity index (χ4v) is 1.37. The van der Waals surface area contributed by atoms with Gasteiger partial charge in [-0.15, -0.1) is 5.10 Å². The van der Waals surface area contributed by atoms with E-state index in [-0.39, 0.29) is 24.4 Å². The Morgan fingerprint density at radius 1 is 1.50 bits per heavy atom. The molecule has 0 amide bonds. The van der Waals surface area contributed by atoms with E-state index in [0.717, 1.165) is 9.08 Å². The first-order valence-electron chi connectivity index (χ1n) is 4.58. The summed E-state index contributed by atoms with van der Waals surface area (Å²) in [5.41, 5.74) is -0.343. The van der Waals surface area contributed by atoms with Crippen molar-refractivity contribution in [3.63, 3.8) is 0 Å². The normalized spacial score (nSPS) is 10.8. The molecule has 0 saturated carbocycles. The smallest absolute Gasteiger partial charge is 0.350 e. The van der Waals surface area contributed by atoms with Crippen molar-refractivity contribution in [3.05, 3.63) is 28.8 Å². The third kappa shape index (κ3) is 1.62. The van der Waals surface area contributed by atoms with Gasteiger partial charge in [-0.05, 0) is 12.1 Å². The molecule has 0 spiro atoms. The van der Waals surface area contributed by atoms with Crippen molar-refractivity contribution < 1.29 is 15.0 Å². The number of rotatable bonds is 3. The van der Waals surface area contributed by atoms with Crippen LogP contribution < -0.4 is 5.69 Å². The van der Waals surface area contributed by atoms with Crippen molar-refractivity contribution in [2.24, 2.45) is 0 Å². The molecule has 2 N–H and O–H groups in total. The minimum Gasteiger partial charge on any atom is -0.504 e. The van der Waals surface area contributed by atoms with E-state index in [4.69, 9.17) is 5.11 Å². The second-order valence-electron chi connectivity index (χ2n) is 3.24. The summed E-state index contributed by atoms with van der Waals surface area (Å²) in [6.07, 6.45) is 1.27. The van der Waals surface area contributed by atoms with Crippen LogP contribution in [0.15, 0.2) is 23.1 Å². The lowest BCUT2D eigenvalue weighted by Crippen LogP contribution is -2.22. The maximum absolute atomic E-state index is 11.7. The third-order valence-electron chi connectivity index (χ3n) is 2.13. The fraction of sp³-hybridized carbons (Fsp3) is 0.222. The number of aryl methyl sites for hydroxylation is 1. The molecule has 0 atom stereocenters. The molecule has 7 nitrogen and oxygen atoms in total. The Balaban J connectivity index is 2.48. The summed E-state index contributed by atoms with van der Waals surface area (Å²) >= 11 is 0. The number of aromatic nitrogens is 3. The van der Waals surface area contributed by atoms with Gasteiger partial charge in [-0.1, -0.05) is 0 Å². The van der Waals surface area contributed by atoms with Gasteiger partial charge in [-0.3, -0.25) is 4.79 Å². The molecule has 2 rings (SSSR count). The monoisotopic (exact) mass is 223 g/mol. The van der Waals surface area contributed by atoms with Crippen LogP contribution in [-0.2, 0) is 11.3 Å². The molecule has 7 heteroatoms. The van der Waals surface area contributed by atoms with Crippen LogP contribution >= 0.6 is 0 Å². The van der Waals surface area contributed by atoms with Crippen molar-refractivity contribution in [2.75, 3.05) is 0 Å². The van der Waals surface area contributed by atoms with E-state index < -0.39 is 11.7 Å². The summed E-state index contributed by atoms with van der Waals surface area (Å²) in [5, 5.41) is 21.8. The summed E-state index contributed by atoms with van der Waals surface area (Å²) in [7, 11) is 0. The molecule has 2 heterocycles. The Bertz CT molecular complexity index is 598. The predicted octanol–water partition coefficient (Wildman–Crippen LogP) is -0.324. The maximum Gasteiger partial charge on any atom is 0.350 e. The second-order valence-corrected chi connectivity index (χ2v) is 3.24. The van der Waals surface area contributed by atoms with Crippen LogP contribution in [0.3, 0.4) is 0 Å². The molecule has 2 aromatic rings. The van der Waals surface area contributed by atoms with Crippen LogP contribution in [-0.4, -0.2) is 30.4 Å². The van der Waals surface area contributed by atoms with Gasteiger partial charge in [0.2, 0.25) is 5.65 Å². The highest BCUT2D eigenvalue weighted by Gasteiger charge is 2.10. The van der Waals surface area contributed by atoms with E-state index in [0.29, 0.717) is 0 Å². The molecule has 0 aliphatic rings. The first kappa shape index (κ1) is 10.2. The average molecular weight is 223 g/mol. The minimum atomic E-state index is -1.01. The molecule has 0 bridgehead atoms. The summed E-state index contributed by atoms with van der Waals surface area (Å²) in [5.74, 6) is -1.12. The lowest BCUT2D eigenvalue weighted by molar-refractivity contribution is -0.137. The van der Waals surface area contributed by atoms with E-state index in [1.807, 2.05) is 0 Å². The van der Waals surface area contributed by atoms with Crippen LogP contribution in [0.5, 0.6) is 5.75 Å². The zero-order valence-electron chi connectivity index (χ0n) is 8.20. The van der Waals surface area contributed by atoms with E-state index in [9.17, 15) is 14.7 Å². The van der Waals surface area contributed by atoms with Gasteiger partial charge in [0, 0.05) is 6.20 Å². The first-order chi connectivity index (χ1) is 7.59. The van der Waals surface area contributed by atoms with Gasteiger partial charge in [-0.25, -0.2) is 13.9 Å². The molecular formula is C9H9N3O4. The van der Waals surface area contributed by atoms with Gasteiger partial charge in [0.1, 0.15) is 0 Å². The van der Waals surface area contributed by atoms with Crippen LogP contribution in [0.25, 0.3) is 5.65 Å². The molecule has 0 saturated heterocycles. The molecular weight excluding hydrogens is 214 g/mol. The molecule has 2 aromatic heterocycles. The molecule has 0 aliphatic heterocycles. The van der Waals surface area contributed by atoms with Crippen molar-refractivity contribution in [2.45, 2.75) is 13.0 Å². The number of carbonyl (C=O) groups is 1. The molecule has 0 fully saturated rings. The van der Waals surface area contributed by atoms with Crippen LogP contribution in [0.2, 0.25) is 0 Å². The number of aliphatic carboxylic acids is 1. The van der Waals surface area contributed by atoms with E-state index in [1.165, 1.54) is 18.3 Å². The van der Waals surface area contributed by atoms with Gasteiger partial charge in [0.05, 0.1) is 13.0 Å². The number of pyridine rings is 1. The number of aromatic hydroxyl groups is 1. The van der Waals surface area contributed by atoms with Gasteiger partial charge < -0.3 is 10.2 Å². The standard InChI is InChI=1S/C9H9N3O4/c13-6-2-1-4-11-8(6)10-12(9(11)16)5-3-7(14)15/h1-2,4,13H,3,5H2,(H,14,15). The third-order valence-corrected chi connectivity index (χ3v) is 2.13. The topological polar surface area (TPSA) is 96.8 Å². The zero-order chi connectivity index (χ0) is 11.7. The quantitative estimate of drug-likeness (QED) is 0.743. The van der Waals surface area contributed by atoms with Crippen molar-refractivity contribution in [1.82, 2.24) is 14.2 Å². The first-order valence-corrected chi connectivity index (χ1v) is 4.58. The summed E-state index contributed by atoms with van der Waals surface area (Å²) in [4.78, 5) is 22.0. The highest BCUT2D eigenvalue weighted by molar-refractivity contribution is 5.66. The fourth-order valence-electron chi connectivity index (χ4n) is 1.37. The molecule has 0 radical (unpaired) electrons. The Labute approximate surface area is 89.2 Å². The number of nitrogens with zero attached hydrogens (tertiary/aromatic N) is 3. The molecule has 0 aliphatic carbocycles. The van der Waals surface area contributed by atoms with Crippen molar-refractivity contribution >= 4 is 11.6 Å². The van der Waals surface area contributed by atoms with Gasteiger partial charge in [0.15, 0.2) is 5.75 Å². The van der Waals surface area contributed by atoms with Gasteiger partial charge in [0.25, 0.3) is 0 Å². The SMILES string of the molecule is O=C(O)CCn1nc2c(O)cccn2c1=O. The number of carboxylic acid groups (broad SMARTS) is 1. The average Bonchev–Trinajstić information content (AvgIpc) is 2.55. The number of hydrogen-bond acceptors (Lipinski definition) is 4. The Kier molecular flexibility index (Phi) is 2.35. The van der Waals surface area contributed by atoms with Crippen molar-refractivity contribution in [1.29, 1.82) is 0 Å². The molecule has 16 heavy (non-hydrogen) atoms. The predicted molar refractivity (Wildman–Crippen MR) is 53.4 cm³/mol. The molecule has 0 unspecified atom stereocenters. The highest BCUT2D eigenvalue weighted by atomic mass is 16.4. The summed E-state index contributed by atoms with van der Waals surface area (Å²) in [6, 6.07) is 2.91. The Morgan fingerprint density at radius 3 is 2.88 bits per heavy atom. The van der Waals surface area contributed by atoms with Crippen LogP contribution in [0.4, 0.5) is 0 Å². The maximum atomic E-state index is 11.7. The molecule has 84 valence electrons. The van der Waals surface area contributed by atoms with E-state index in [2.05, 4.69) is 5.10 Å². The number of carboxylic acids is 1. The number of fused-ring (bicyclic) bond motifs is 1. The largest absolute Gasteiger partial charge is 0.504 e. The molecule has 0 aromatic carbocycles. The van der Waals surface area contributed by atoms with Crippen LogP contribution in [0.1, 0.15) is 6.42 Å². The van der Waals surface area contributed by atoms with Gasteiger partial charge >= 0.3 is 11.7 Å². The lowest BCUT2D eigenvalue weighted by atomic mass is 10.4. The van der Waals surface area contributed by atoms with E-state index >= 15 is 0 Å². The minimum absolute atomic E-state index is 0.0186. The summed E-state index contributed by atoms with van der Waals surface area (Å²) < 4.78 is 2.18.